The Labute approximate surface area is 141 Å². The molecule has 0 saturated carbocycles. The van der Waals surface area contributed by atoms with E-state index in [9.17, 15) is 9.59 Å². The zero-order chi connectivity index (χ0) is 17.7. The molecule has 0 bridgehead atoms. The molecule has 5 heteroatoms. The van der Waals surface area contributed by atoms with Gasteiger partial charge in [0.1, 0.15) is 6.04 Å². The van der Waals surface area contributed by atoms with Crippen LogP contribution in [0.2, 0.25) is 0 Å². The summed E-state index contributed by atoms with van der Waals surface area (Å²) in [5.74, 6) is -0.802. The number of aryl methyl sites for hydroxylation is 2. The van der Waals surface area contributed by atoms with Crippen molar-refractivity contribution < 1.29 is 14.3 Å². The first kappa shape index (κ1) is 17.5. The van der Waals surface area contributed by atoms with E-state index in [4.69, 9.17) is 10.5 Å². The predicted octanol–water partition coefficient (Wildman–Crippen LogP) is 2.40. The maximum absolute atomic E-state index is 12.5. The van der Waals surface area contributed by atoms with Crippen molar-refractivity contribution in [1.82, 2.24) is 5.32 Å². The molecule has 0 aromatic heterocycles. The molecule has 0 aliphatic heterocycles. The van der Waals surface area contributed by atoms with Gasteiger partial charge in [-0.25, -0.2) is 4.79 Å². The number of methoxy groups -OCH3 is 1. The van der Waals surface area contributed by atoms with Crippen LogP contribution in [0.1, 0.15) is 27.0 Å². The van der Waals surface area contributed by atoms with Crippen molar-refractivity contribution in [2.24, 2.45) is 0 Å². The average Bonchev–Trinajstić information content (AvgIpc) is 2.58. The standard InChI is InChI=1S/C19H22N2O3/c1-12-9-15(10-13(2)17(12)20)18(22)21-16(19(23)24-3)11-14-7-5-4-6-8-14/h4-10,16H,11,20H2,1-3H3,(H,21,22)/t16-/m1/s1. The fourth-order valence-corrected chi connectivity index (χ4v) is 2.53. The van der Waals surface area contributed by atoms with E-state index in [-0.39, 0.29) is 5.91 Å². The summed E-state index contributed by atoms with van der Waals surface area (Å²) in [6, 6.07) is 12.2. The number of anilines is 1. The molecule has 5 nitrogen and oxygen atoms in total. The lowest BCUT2D eigenvalue weighted by molar-refractivity contribution is -0.142. The fraction of sp³-hybridized carbons (Fsp3) is 0.263. The molecule has 2 aromatic carbocycles. The molecule has 1 amide bonds. The number of amides is 1. The van der Waals surface area contributed by atoms with E-state index < -0.39 is 12.0 Å². The van der Waals surface area contributed by atoms with E-state index in [1.807, 2.05) is 44.2 Å². The van der Waals surface area contributed by atoms with E-state index in [1.165, 1.54) is 7.11 Å². The van der Waals surface area contributed by atoms with Crippen LogP contribution in [0, 0.1) is 13.8 Å². The van der Waals surface area contributed by atoms with Crippen molar-refractivity contribution in [3.05, 3.63) is 64.7 Å². The average molecular weight is 326 g/mol. The quantitative estimate of drug-likeness (QED) is 0.653. The van der Waals surface area contributed by atoms with Gasteiger partial charge in [-0.3, -0.25) is 4.79 Å². The molecule has 0 spiro atoms. The lowest BCUT2D eigenvalue weighted by Gasteiger charge is -2.17. The number of nitrogen functional groups attached to an aromatic ring is 1. The van der Waals surface area contributed by atoms with Gasteiger partial charge < -0.3 is 15.8 Å². The lowest BCUT2D eigenvalue weighted by Crippen LogP contribution is -2.43. The molecule has 126 valence electrons. The number of ether oxygens (including phenoxy) is 1. The van der Waals surface area contributed by atoms with Gasteiger partial charge in [-0.2, -0.15) is 0 Å². The van der Waals surface area contributed by atoms with Crippen molar-refractivity contribution in [3.8, 4) is 0 Å². The van der Waals surface area contributed by atoms with Crippen molar-refractivity contribution in [3.63, 3.8) is 0 Å². The number of hydrogen-bond acceptors (Lipinski definition) is 4. The second-order valence-corrected chi connectivity index (χ2v) is 5.76. The third-order valence-electron chi connectivity index (χ3n) is 3.93. The van der Waals surface area contributed by atoms with Crippen LogP contribution in [0.15, 0.2) is 42.5 Å². The maximum atomic E-state index is 12.5. The smallest absolute Gasteiger partial charge is 0.328 e. The van der Waals surface area contributed by atoms with Gasteiger partial charge >= 0.3 is 5.97 Å². The Morgan fingerprint density at radius 3 is 2.25 bits per heavy atom. The van der Waals surface area contributed by atoms with Crippen molar-refractivity contribution in [1.29, 1.82) is 0 Å². The van der Waals surface area contributed by atoms with E-state index in [0.717, 1.165) is 16.7 Å². The van der Waals surface area contributed by atoms with Gasteiger partial charge in [-0.15, -0.1) is 0 Å². The van der Waals surface area contributed by atoms with Crippen molar-refractivity contribution >= 4 is 17.6 Å². The topological polar surface area (TPSA) is 81.4 Å². The minimum Gasteiger partial charge on any atom is -0.467 e. The zero-order valence-corrected chi connectivity index (χ0v) is 14.1. The lowest BCUT2D eigenvalue weighted by atomic mass is 10.0. The maximum Gasteiger partial charge on any atom is 0.328 e. The Balaban J connectivity index is 2.20. The number of benzene rings is 2. The third kappa shape index (κ3) is 4.13. The van der Waals surface area contributed by atoms with Gasteiger partial charge in [0.25, 0.3) is 5.91 Å². The van der Waals surface area contributed by atoms with Crippen LogP contribution in [0.4, 0.5) is 5.69 Å². The molecule has 2 aromatic rings. The SMILES string of the molecule is COC(=O)[C@@H](Cc1ccccc1)NC(=O)c1cc(C)c(N)c(C)c1. The second-order valence-electron chi connectivity index (χ2n) is 5.76. The first-order chi connectivity index (χ1) is 11.4. The Morgan fingerprint density at radius 2 is 1.71 bits per heavy atom. The second kappa shape index (κ2) is 7.64. The monoisotopic (exact) mass is 326 g/mol. The molecule has 0 saturated heterocycles. The van der Waals surface area contributed by atoms with Gasteiger partial charge in [-0.05, 0) is 42.7 Å². The van der Waals surface area contributed by atoms with Crippen LogP contribution in [0.5, 0.6) is 0 Å². The molecular weight excluding hydrogens is 304 g/mol. The van der Waals surface area contributed by atoms with Gasteiger partial charge in [0, 0.05) is 17.7 Å². The van der Waals surface area contributed by atoms with Crippen LogP contribution in [0.3, 0.4) is 0 Å². The summed E-state index contributed by atoms with van der Waals surface area (Å²) < 4.78 is 4.81. The summed E-state index contributed by atoms with van der Waals surface area (Å²) in [6.45, 7) is 3.70. The summed E-state index contributed by atoms with van der Waals surface area (Å²) in [5.41, 5.74) is 9.66. The van der Waals surface area contributed by atoms with Crippen LogP contribution in [-0.2, 0) is 16.0 Å². The highest BCUT2D eigenvalue weighted by Crippen LogP contribution is 2.18. The molecule has 3 N–H and O–H groups in total. The predicted molar refractivity (Wildman–Crippen MR) is 93.7 cm³/mol. The molecule has 0 fully saturated rings. The first-order valence-corrected chi connectivity index (χ1v) is 7.71. The first-order valence-electron chi connectivity index (χ1n) is 7.71. The number of hydrogen-bond donors (Lipinski definition) is 2. The number of carbonyl (C=O) groups is 2. The summed E-state index contributed by atoms with van der Waals surface area (Å²) in [7, 11) is 1.31. The van der Waals surface area contributed by atoms with E-state index in [2.05, 4.69) is 5.32 Å². The van der Waals surface area contributed by atoms with E-state index in [0.29, 0.717) is 17.7 Å². The summed E-state index contributed by atoms with van der Waals surface area (Å²) in [6.07, 6.45) is 0.367. The highest BCUT2D eigenvalue weighted by molar-refractivity contribution is 5.97. The normalized spacial score (nSPS) is 11.6. The van der Waals surface area contributed by atoms with Crippen LogP contribution >= 0.6 is 0 Å². The minimum absolute atomic E-state index is 0.326. The largest absolute Gasteiger partial charge is 0.467 e. The Hall–Kier alpha value is -2.82. The van der Waals surface area contributed by atoms with Crippen molar-refractivity contribution in [2.75, 3.05) is 12.8 Å². The molecular formula is C19H22N2O3. The Kier molecular flexibility index (Phi) is 5.58. The molecule has 24 heavy (non-hydrogen) atoms. The molecule has 0 aliphatic carbocycles. The Morgan fingerprint density at radius 1 is 1.12 bits per heavy atom. The highest BCUT2D eigenvalue weighted by atomic mass is 16.5. The number of esters is 1. The van der Waals surface area contributed by atoms with Gasteiger partial charge in [0.2, 0.25) is 0 Å². The van der Waals surface area contributed by atoms with Crippen LogP contribution < -0.4 is 11.1 Å². The number of nitrogens with two attached hydrogens (primary N) is 1. The van der Waals surface area contributed by atoms with Gasteiger partial charge in [0.15, 0.2) is 0 Å². The summed E-state index contributed by atoms with van der Waals surface area (Å²) >= 11 is 0. The molecule has 0 radical (unpaired) electrons. The molecule has 0 aliphatic rings. The van der Waals surface area contributed by atoms with Gasteiger partial charge in [-0.1, -0.05) is 30.3 Å². The number of carbonyl (C=O) groups excluding carboxylic acids is 2. The Bertz CT molecular complexity index is 719. The molecule has 0 unspecified atom stereocenters. The fourth-order valence-electron chi connectivity index (χ4n) is 2.53. The minimum atomic E-state index is -0.747. The third-order valence-corrected chi connectivity index (χ3v) is 3.93. The van der Waals surface area contributed by atoms with E-state index >= 15 is 0 Å². The number of nitrogens with one attached hydrogen (secondary N) is 1. The summed E-state index contributed by atoms with van der Waals surface area (Å²) in [5, 5.41) is 2.75. The summed E-state index contributed by atoms with van der Waals surface area (Å²) in [4.78, 5) is 24.5. The van der Waals surface area contributed by atoms with E-state index in [1.54, 1.807) is 12.1 Å². The molecule has 1 atom stereocenters. The van der Waals surface area contributed by atoms with Crippen LogP contribution in [-0.4, -0.2) is 25.0 Å². The highest BCUT2D eigenvalue weighted by Gasteiger charge is 2.23. The van der Waals surface area contributed by atoms with Crippen molar-refractivity contribution in [2.45, 2.75) is 26.3 Å². The molecule has 0 heterocycles. The number of rotatable bonds is 5. The van der Waals surface area contributed by atoms with Crippen LogP contribution in [0.25, 0.3) is 0 Å². The molecule has 2 rings (SSSR count). The van der Waals surface area contributed by atoms with Gasteiger partial charge in [0.05, 0.1) is 7.11 Å². The zero-order valence-electron chi connectivity index (χ0n) is 14.1.